The normalized spacial score (nSPS) is 22.3. The number of likely N-dealkylation sites (tertiary alicyclic amines) is 1. The fourth-order valence-corrected chi connectivity index (χ4v) is 7.08. The lowest BCUT2D eigenvalue weighted by Crippen LogP contribution is -2.56. The SMILES string of the molecule is [C-]#[N+]C[C@H]1CN(c2nc(OC[C@@H]3CCCN3C)nc3cc(-c4cccc5c4CC(C)C5)c(Cl)cc23)CCN1C(=O)C=C. The molecule has 3 aliphatic rings. The van der Waals surface area contributed by atoms with Gasteiger partial charge in [-0.25, -0.2) is 6.57 Å². The number of carbonyl (C=O) groups excluding carboxylic acids is 1. The summed E-state index contributed by atoms with van der Waals surface area (Å²) < 4.78 is 6.27. The molecule has 2 fully saturated rings. The summed E-state index contributed by atoms with van der Waals surface area (Å²) >= 11 is 7.04. The van der Waals surface area contributed by atoms with Gasteiger partial charge in [-0.15, -0.1) is 0 Å². The molecule has 3 aromatic rings. The molecule has 2 saturated heterocycles. The third-order valence-corrected chi connectivity index (χ3v) is 9.36. The Morgan fingerprint density at radius 2 is 2.05 bits per heavy atom. The molecule has 2 aromatic carbocycles. The van der Waals surface area contributed by atoms with Crippen molar-refractivity contribution in [2.24, 2.45) is 5.92 Å². The molecule has 0 N–H and O–H groups in total. The molecule has 42 heavy (non-hydrogen) atoms. The Morgan fingerprint density at radius 3 is 2.81 bits per heavy atom. The van der Waals surface area contributed by atoms with E-state index in [0.717, 1.165) is 60.1 Å². The van der Waals surface area contributed by atoms with Gasteiger partial charge in [0.15, 0.2) is 0 Å². The Labute approximate surface area is 252 Å². The van der Waals surface area contributed by atoms with E-state index in [9.17, 15) is 4.79 Å². The molecule has 1 unspecified atom stereocenters. The number of fused-ring (bicyclic) bond motifs is 2. The highest BCUT2D eigenvalue weighted by atomic mass is 35.5. The van der Waals surface area contributed by atoms with E-state index in [2.05, 4.69) is 59.5 Å². The van der Waals surface area contributed by atoms with E-state index in [1.54, 1.807) is 4.90 Å². The van der Waals surface area contributed by atoms with Crippen molar-refractivity contribution in [2.45, 2.75) is 44.7 Å². The second-order valence-corrected chi connectivity index (χ2v) is 12.3. The van der Waals surface area contributed by atoms with Crippen molar-refractivity contribution in [3.05, 3.63) is 70.6 Å². The van der Waals surface area contributed by atoms with Gasteiger partial charge in [-0.05, 0) is 80.1 Å². The Kier molecular flexibility index (Phi) is 8.06. The lowest BCUT2D eigenvalue weighted by atomic mass is 9.95. The number of hydrogen-bond acceptors (Lipinski definition) is 6. The van der Waals surface area contributed by atoms with Crippen LogP contribution in [0.2, 0.25) is 5.02 Å². The number of benzene rings is 2. The quantitative estimate of drug-likeness (QED) is 0.278. The summed E-state index contributed by atoms with van der Waals surface area (Å²) in [6.45, 7) is 16.7. The number of ether oxygens (including phenoxy) is 1. The molecule has 0 radical (unpaired) electrons. The zero-order valence-corrected chi connectivity index (χ0v) is 25.1. The maximum Gasteiger partial charge on any atom is 0.319 e. The first-order valence-electron chi connectivity index (χ1n) is 14.8. The second kappa shape index (κ2) is 11.9. The molecule has 1 aliphatic carbocycles. The van der Waals surface area contributed by atoms with Gasteiger partial charge in [-0.1, -0.05) is 43.3 Å². The molecule has 0 bridgehead atoms. The van der Waals surface area contributed by atoms with Crippen LogP contribution in [0.3, 0.4) is 0 Å². The minimum absolute atomic E-state index is 0.155. The molecule has 6 rings (SSSR count). The number of carbonyl (C=O) groups is 1. The fraction of sp³-hybridized carbons (Fsp3) is 0.455. The van der Waals surface area contributed by atoms with E-state index in [1.807, 2.05) is 6.07 Å². The third kappa shape index (κ3) is 5.44. The molecule has 0 saturated carbocycles. The Morgan fingerprint density at radius 1 is 1.19 bits per heavy atom. The first-order valence-corrected chi connectivity index (χ1v) is 15.2. The van der Waals surface area contributed by atoms with Crippen molar-refractivity contribution in [1.29, 1.82) is 0 Å². The average Bonchev–Trinajstić information content (AvgIpc) is 3.59. The molecule has 218 valence electrons. The summed E-state index contributed by atoms with van der Waals surface area (Å²) in [7, 11) is 2.13. The first kappa shape index (κ1) is 28.4. The van der Waals surface area contributed by atoms with Gasteiger partial charge in [0.25, 0.3) is 0 Å². The molecule has 3 heterocycles. The number of anilines is 1. The van der Waals surface area contributed by atoms with E-state index < -0.39 is 0 Å². The largest absolute Gasteiger partial charge is 0.462 e. The van der Waals surface area contributed by atoms with Crippen LogP contribution in [-0.2, 0) is 17.6 Å². The number of rotatable bonds is 7. The molecule has 3 atom stereocenters. The smallest absolute Gasteiger partial charge is 0.319 e. The van der Waals surface area contributed by atoms with Crippen LogP contribution in [0, 0.1) is 12.5 Å². The summed E-state index contributed by atoms with van der Waals surface area (Å²) in [5.41, 5.74) is 5.65. The van der Waals surface area contributed by atoms with E-state index in [4.69, 9.17) is 32.9 Å². The number of halogens is 1. The highest BCUT2D eigenvalue weighted by molar-refractivity contribution is 6.34. The molecular formula is C33H37ClN6O2. The standard InChI is InChI=1S/C33H37ClN6O2/c1-5-31(41)40-13-12-39(19-24(40)18-35-3)32-28-16-29(34)27(25-10-6-8-22-14-21(2)15-26(22)25)17-30(28)36-33(37-32)42-20-23-9-7-11-38(23)4/h5-6,8,10,16-17,21,23-24H,1,7,9,11-15,18-20H2,2,4H3/t21?,23-,24-/m0/s1. The summed E-state index contributed by atoms with van der Waals surface area (Å²) in [5.74, 6) is 1.17. The summed E-state index contributed by atoms with van der Waals surface area (Å²) in [6.07, 6.45) is 5.69. The van der Waals surface area contributed by atoms with Gasteiger partial charge < -0.3 is 24.3 Å². The van der Waals surface area contributed by atoms with Crippen LogP contribution in [0.5, 0.6) is 6.01 Å². The van der Waals surface area contributed by atoms with Crippen molar-refractivity contribution in [1.82, 2.24) is 19.8 Å². The van der Waals surface area contributed by atoms with Crippen molar-refractivity contribution >= 4 is 34.2 Å². The Hall–Kier alpha value is -3.67. The summed E-state index contributed by atoms with van der Waals surface area (Å²) in [6, 6.07) is 10.9. The molecule has 1 aromatic heterocycles. The van der Waals surface area contributed by atoms with Gasteiger partial charge in [-0.2, -0.15) is 9.97 Å². The maximum atomic E-state index is 12.5. The highest BCUT2D eigenvalue weighted by Gasteiger charge is 2.33. The number of aromatic nitrogens is 2. The van der Waals surface area contributed by atoms with Crippen LogP contribution in [0.25, 0.3) is 26.9 Å². The maximum absolute atomic E-state index is 12.5. The summed E-state index contributed by atoms with van der Waals surface area (Å²) in [5, 5.41) is 1.49. The van der Waals surface area contributed by atoms with Crippen LogP contribution in [0.15, 0.2) is 43.0 Å². The van der Waals surface area contributed by atoms with Crippen molar-refractivity contribution in [2.75, 3.05) is 51.3 Å². The van der Waals surface area contributed by atoms with Gasteiger partial charge in [0.05, 0.1) is 5.52 Å². The number of piperazine rings is 1. The Bertz CT molecular complexity index is 1570. The average molecular weight is 585 g/mol. The number of nitrogens with zero attached hydrogens (tertiary/aromatic N) is 6. The topological polar surface area (TPSA) is 66.2 Å². The van der Waals surface area contributed by atoms with Gasteiger partial charge in [0.2, 0.25) is 12.5 Å². The molecule has 9 heteroatoms. The predicted octanol–water partition coefficient (Wildman–Crippen LogP) is 5.28. The van der Waals surface area contributed by atoms with Crippen molar-refractivity contribution in [3.63, 3.8) is 0 Å². The molecule has 8 nitrogen and oxygen atoms in total. The Balaban J connectivity index is 1.42. The van der Waals surface area contributed by atoms with Crippen LogP contribution in [0.1, 0.15) is 30.9 Å². The van der Waals surface area contributed by atoms with E-state index in [1.165, 1.54) is 17.2 Å². The zero-order valence-electron chi connectivity index (χ0n) is 24.4. The predicted molar refractivity (Wildman–Crippen MR) is 167 cm³/mol. The van der Waals surface area contributed by atoms with Crippen molar-refractivity contribution in [3.8, 4) is 17.1 Å². The van der Waals surface area contributed by atoms with Gasteiger partial charge in [0.1, 0.15) is 18.5 Å². The first-order chi connectivity index (χ1) is 20.4. The molecule has 1 amide bonds. The third-order valence-electron chi connectivity index (χ3n) is 9.05. The minimum atomic E-state index is -0.271. The number of likely N-dealkylation sites (N-methyl/N-ethyl adjacent to an activating group) is 1. The second-order valence-electron chi connectivity index (χ2n) is 11.9. The van der Waals surface area contributed by atoms with Crippen LogP contribution in [0.4, 0.5) is 5.82 Å². The van der Waals surface area contributed by atoms with Crippen LogP contribution >= 0.6 is 11.6 Å². The van der Waals surface area contributed by atoms with Crippen LogP contribution < -0.4 is 9.64 Å². The molecule has 0 spiro atoms. The van der Waals surface area contributed by atoms with E-state index in [-0.39, 0.29) is 18.5 Å². The van der Waals surface area contributed by atoms with Gasteiger partial charge in [-0.3, -0.25) is 4.79 Å². The minimum Gasteiger partial charge on any atom is -0.462 e. The van der Waals surface area contributed by atoms with Crippen molar-refractivity contribution < 1.29 is 9.53 Å². The van der Waals surface area contributed by atoms with E-state index in [0.29, 0.717) is 49.2 Å². The number of amides is 1. The fourth-order valence-electron chi connectivity index (χ4n) is 6.82. The van der Waals surface area contributed by atoms with Crippen LogP contribution in [-0.4, -0.2) is 84.1 Å². The van der Waals surface area contributed by atoms with Gasteiger partial charge in [0, 0.05) is 41.6 Å². The van der Waals surface area contributed by atoms with E-state index >= 15 is 0 Å². The lowest BCUT2D eigenvalue weighted by Gasteiger charge is -2.39. The molecule has 2 aliphatic heterocycles. The highest BCUT2D eigenvalue weighted by Crippen LogP contribution is 2.41. The molecular weight excluding hydrogens is 548 g/mol. The number of hydrogen-bond donors (Lipinski definition) is 0. The zero-order chi connectivity index (χ0) is 29.4. The summed E-state index contributed by atoms with van der Waals surface area (Å²) in [4.78, 5) is 32.2. The lowest BCUT2D eigenvalue weighted by molar-refractivity contribution is -0.128. The monoisotopic (exact) mass is 584 g/mol. The van der Waals surface area contributed by atoms with Gasteiger partial charge >= 0.3 is 6.01 Å².